The molecule has 1 aliphatic heterocycles. The predicted molar refractivity (Wildman–Crippen MR) is 58.2 cm³/mol. The summed E-state index contributed by atoms with van der Waals surface area (Å²) in [6, 6.07) is 4.87. The number of hydrogen-bond acceptors (Lipinski definition) is 3. The molecular formula is C11H14N2O3. The van der Waals surface area contributed by atoms with Crippen molar-refractivity contribution in [2.24, 2.45) is 5.92 Å². The monoisotopic (exact) mass is 222 g/mol. The predicted octanol–water partition coefficient (Wildman–Crippen LogP) is 0.500. The van der Waals surface area contributed by atoms with E-state index in [9.17, 15) is 9.59 Å². The minimum absolute atomic E-state index is 0.0660. The molecule has 0 radical (unpaired) electrons. The number of aromatic amines is 1. The number of rotatable bonds is 2. The summed E-state index contributed by atoms with van der Waals surface area (Å²) >= 11 is 0. The average Bonchev–Trinajstić information content (AvgIpc) is 2.29. The molecule has 2 rings (SSSR count). The lowest BCUT2D eigenvalue weighted by molar-refractivity contribution is -0.143. The van der Waals surface area contributed by atoms with Crippen molar-refractivity contribution in [3.63, 3.8) is 0 Å². The first kappa shape index (κ1) is 10.9. The summed E-state index contributed by atoms with van der Waals surface area (Å²) in [4.78, 5) is 24.8. The highest BCUT2D eigenvalue weighted by Crippen LogP contribution is 2.25. The van der Waals surface area contributed by atoms with Gasteiger partial charge in [-0.25, -0.2) is 0 Å². The number of carbonyl (C=O) groups is 1. The molecule has 16 heavy (non-hydrogen) atoms. The molecule has 0 bridgehead atoms. The van der Waals surface area contributed by atoms with Gasteiger partial charge >= 0.3 is 5.97 Å². The molecule has 3 N–H and O–H groups in total. The van der Waals surface area contributed by atoms with Crippen LogP contribution in [0.25, 0.3) is 0 Å². The summed E-state index contributed by atoms with van der Waals surface area (Å²) in [5, 5.41) is 12.2. The van der Waals surface area contributed by atoms with Crippen molar-refractivity contribution in [2.75, 3.05) is 6.54 Å². The highest BCUT2D eigenvalue weighted by Gasteiger charge is 2.27. The van der Waals surface area contributed by atoms with Crippen LogP contribution in [0.4, 0.5) is 0 Å². The zero-order chi connectivity index (χ0) is 11.5. The zero-order valence-electron chi connectivity index (χ0n) is 8.77. The van der Waals surface area contributed by atoms with Gasteiger partial charge in [-0.2, -0.15) is 0 Å². The summed E-state index contributed by atoms with van der Waals surface area (Å²) in [6.07, 6.45) is 1.16. The maximum atomic E-state index is 11.1. The van der Waals surface area contributed by atoms with E-state index in [0.29, 0.717) is 19.4 Å². The smallest absolute Gasteiger partial charge is 0.306 e. The molecule has 1 fully saturated rings. The molecule has 86 valence electrons. The Balaban J connectivity index is 2.15. The van der Waals surface area contributed by atoms with Crippen LogP contribution in [0.15, 0.2) is 23.0 Å². The Morgan fingerprint density at radius 3 is 2.94 bits per heavy atom. The van der Waals surface area contributed by atoms with Crippen molar-refractivity contribution in [1.82, 2.24) is 10.3 Å². The largest absolute Gasteiger partial charge is 0.481 e. The quantitative estimate of drug-likeness (QED) is 0.680. The van der Waals surface area contributed by atoms with Crippen molar-refractivity contribution in [1.29, 1.82) is 0 Å². The summed E-state index contributed by atoms with van der Waals surface area (Å²) in [5.41, 5.74) is 0.607. The topological polar surface area (TPSA) is 82.2 Å². The van der Waals surface area contributed by atoms with Crippen LogP contribution in [0.1, 0.15) is 24.6 Å². The van der Waals surface area contributed by atoms with Gasteiger partial charge in [0.15, 0.2) is 0 Å². The van der Waals surface area contributed by atoms with Crippen LogP contribution in [0.5, 0.6) is 0 Å². The van der Waals surface area contributed by atoms with Gasteiger partial charge in [-0.1, -0.05) is 6.07 Å². The van der Waals surface area contributed by atoms with Crippen LogP contribution in [-0.2, 0) is 4.79 Å². The highest BCUT2D eigenvalue weighted by atomic mass is 16.4. The molecule has 2 atom stereocenters. The molecular weight excluding hydrogens is 208 g/mol. The summed E-state index contributed by atoms with van der Waals surface area (Å²) < 4.78 is 0. The third kappa shape index (κ3) is 2.30. The van der Waals surface area contributed by atoms with Gasteiger partial charge in [-0.15, -0.1) is 0 Å². The normalized spacial score (nSPS) is 25.2. The minimum Gasteiger partial charge on any atom is -0.481 e. The third-order valence-electron chi connectivity index (χ3n) is 2.92. The van der Waals surface area contributed by atoms with E-state index in [0.717, 1.165) is 5.69 Å². The van der Waals surface area contributed by atoms with Crippen LogP contribution in [0.2, 0.25) is 0 Å². The van der Waals surface area contributed by atoms with Crippen LogP contribution in [0, 0.1) is 5.92 Å². The molecule has 1 aliphatic rings. The number of aliphatic carboxylic acids is 1. The fourth-order valence-electron chi connectivity index (χ4n) is 2.05. The Labute approximate surface area is 92.5 Å². The molecule has 2 heterocycles. The lowest BCUT2D eigenvalue weighted by Crippen LogP contribution is -2.35. The van der Waals surface area contributed by atoms with E-state index in [4.69, 9.17) is 5.11 Å². The van der Waals surface area contributed by atoms with Crippen molar-refractivity contribution in [2.45, 2.75) is 18.9 Å². The van der Waals surface area contributed by atoms with Crippen molar-refractivity contribution in [3.05, 3.63) is 34.2 Å². The molecule has 5 heteroatoms. The van der Waals surface area contributed by atoms with Crippen LogP contribution in [0.3, 0.4) is 0 Å². The first-order valence-electron chi connectivity index (χ1n) is 5.32. The Kier molecular flexibility index (Phi) is 3.05. The molecule has 0 saturated carbocycles. The Bertz CT molecular complexity index is 441. The second-order valence-electron chi connectivity index (χ2n) is 4.04. The molecule has 0 aromatic carbocycles. The van der Waals surface area contributed by atoms with Gasteiger partial charge in [-0.3, -0.25) is 9.59 Å². The minimum atomic E-state index is -0.759. The summed E-state index contributed by atoms with van der Waals surface area (Å²) in [7, 11) is 0. The van der Waals surface area contributed by atoms with Gasteiger partial charge in [0.05, 0.1) is 5.92 Å². The van der Waals surface area contributed by atoms with Crippen molar-refractivity contribution < 1.29 is 9.90 Å². The van der Waals surface area contributed by atoms with E-state index < -0.39 is 5.97 Å². The number of nitrogens with one attached hydrogen (secondary N) is 2. The maximum absolute atomic E-state index is 11.1. The van der Waals surface area contributed by atoms with Gasteiger partial charge < -0.3 is 15.4 Å². The molecule has 0 spiro atoms. The van der Waals surface area contributed by atoms with Crippen molar-refractivity contribution >= 4 is 5.97 Å². The number of carboxylic acid groups (broad SMARTS) is 1. The second-order valence-corrected chi connectivity index (χ2v) is 4.04. The van der Waals surface area contributed by atoms with E-state index in [1.807, 2.05) is 6.07 Å². The summed E-state index contributed by atoms with van der Waals surface area (Å²) in [5.74, 6) is -1.08. The van der Waals surface area contributed by atoms with E-state index in [1.165, 1.54) is 6.07 Å². The van der Waals surface area contributed by atoms with E-state index in [2.05, 4.69) is 10.3 Å². The number of pyridine rings is 1. The first-order valence-corrected chi connectivity index (χ1v) is 5.32. The first-order chi connectivity index (χ1) is 7.66. The van der Waals surface area contributed by atoms with Crippen LogP contribution in [-0.4, -0.2) is 22.6 Å². The van der Waals surface area contributed by atoms with Crippen LogP contribution >= 0.6 is 0 Å². The zero-order valence-corrected chi connectivity index (χ0v) is 8.77. The van der Waals surface area contributed by atoms with Gasteiger partial charge in [-0.05, 0) is 25.5 Å². The van der Waals surface area contributed by atoms with Crippen LogP contribution < -0.4 is 10.9 Å². The number of hydrogen-bond donors (Lipinski definition) is 3. The molecule has 1 saturated heterocycles. The molecule has 1 aromatic rings. The lowest BCUT2D eigenvalue weighted by Gasteiger charge is -2.27. The fourth-order valence-corrected chi connectivity index (χ4v) is 2.05. The Hall–Kier alpha value is -1.62. The summed E-state index contributed by atoms with van der Waals surface area (Å²) in [6.45, 7) is 0.665. The van der Waals surface area contributed by atoms with Gasteiger partial charge in [0, 0.05) is 17.8 Å². The third-order valence-corrected chi connectivity index (χ3v) is 2.92. The van der Waals surface area contributed by atoms with E-state index in [1.54, 1.807) is 6.07 Å². The Morgan fingerprint density at radius 1 is 1.44 bits per heavy atom. The maximum Gasteiger partial charge on any atom is 0.306 e. The van der Waals surface area contributed by atoms with Crippen molar-refractivity contribution in [3.8, 4) is 0 Å². The van der Waals surface area contributed by atoms with Gasteiger partial charge in [0.1, 0.15) is 0 Å². The number of carboxylic acids is 1. The SMILES string of the molecule is O=C(O)C1CCNC(c2cccc(=O)[nH]2)C1. The van der Waals surface area contributed by atoms with E-state index >= 15 is 0 Å². The van der Waals surface area contributed by atoms with Gasteiger partial charge in [0.25, 0.3) is 0 Å². The molecule has 0 amide bonds. The van der Waals surface area contributed by atoms with E-state index in [-0.39, 0.29) is 17.5 Å². The second kappa shape index (κ2) is 4.49. The molecule has 1 aromatic heterocycles. The van der Waals surface area contributed by atoms with Gasteiger partial charge in [0.2, 0.25) is 5.56 Å². The number of H-pyrrole nitrogens is 1. The number of aromatic nitrogens is 1. The molecule has 0 aliphatic carbocycles. The molecule has 2 unspecified atom stereocenters. The fraction of sp³-hybridized carbons (Fsp3) is 0.455. The number of piperidine rings is 1. The average molecular weight is 222 g/mol. The highest BCUT2D eigenvalue weighted by molar-refractivity contribution is 5.70. The Morgan fingerprint density at radius 2 is 2.25 bits per heavy atom. The lowest BCUT2D eigenvalue weighted by atomic mass is 9.91. The standard InChI is InChI=1S/C11H14N2O3/c14-10-3-1-2-8(13-10)9-6-7(11(15)16)4-5-12-9/h1-3,7,9,12H,4-6H2,(H,13,14)(H,15,16). The molecule has 5 nitrogen and oxygen atoms in total.